The molecule has 206 valence electrons. The van der Waals surface area contributed by atoms with E-state index in [-0.39, 0.29) is 34.5 Å². The molecule has 2 aromatic rings. The van der Waals surface area contributed by atoms with Crippen LogP contribution in [0.3, 0.4) is 0 Å². The summed E-state index contributed by atoms with van der Waals surface area (Å²) in [6, 6.07) is 5.67. The maximum absolute atomic E-state index is 15.2. The standard InChI is InChI=1S/C28H42F2N2O4Si/c1-18(2)37(19(3)4,20(5)6)36-26-15-23(29)22(14-24(26)30)25(33)17-32-12-10-28(34,11-13-32)21-8-9-27(35-7)31-16-21/h8-9,14-16,18-20,25,33-34H,10-13,17H2,1-7H3. The predicted octanol–water partition coefficient (Wildman–Crippen LogP) is 5.94. The molecule has 1 atom stereocenters. The lowest BCUT2D eigenvalue weighted by atomic mass is 9.85. The molecule has 0 amide bonds. The predicted molar refractivity (Wildman–Crippen MR) is 143 cm³/mol. The summed E-state index contributed by atoms with van der Waals surface area (Å²) in [5.74, 6) is -0.938. The van der Waals surface area contributed by atoms with E-state index in [1.807, 2.05) is 4.90 Å². The van der Waals surface area contributed by atoms with Crippen molar-refractivity contribution in [1.29, 1.82) is 0 Å². The zero-order valence-corrected chi connectivity index (χ0v) is 24.1. The molecule has 2 heterocycles. The van der Waals surface area contributed by atoms with Crippen molar-refractivity contribution < 1.29 is 28.2 Å². The number of methoxy groups -OCH3 is 1. The number of piperidine rings is 1. The second-order valence-electron chi connectivity index (χ2n) is 11.2. The van der Waals surface area contributed by atoms with Crippen molar-refractivity contribution in [1.82, 2.24) is 9.88 Å². The van der Waals surface area contributed by atoms with Gasteiger partial charge in [0.1, 0.15) is 11.6 Å². The first-order valence-electron chi connectivity index (χ1n) is 13.1. The monoisotopic (exact) mass is 536 g/mol. The van der Waals surface area contributed by atoms with Gasteiger partial charge in [-0.1, -0.05) is 41.5 Å². The molecule has 1 unspecified atom stereocenters. The van der Waals surface area contributed by atoms with Crippen LogP contribution in [0.25, 0.3) is 0 Å². The molecule has 1 fully saturated rings. The van der Waals surface area contributed by atoms with Crippen LogP contribution in [0, 0.1) is 11.6 Å². The van der Waals surface area contributed by atoms with Crippen LogP contribution < -0.4 is 9.16 Å². The zero-order valence-electron chi connectivity index (χ0n) is 23.1. The highest BCUT2D eigenvalue weighted by Crippen LogP contribution is 2.44. The molecule has 1 aliphatic rings. The Labute approximate surface area is 220 Å². The highest BCUT2D eigenvalue weighted by atomic mass is 28.4. The summed E-state index contributed by atoms with van der Waals surface area (Å²) in [5.41, 5.74) is 0.235. The fourth-order valence-corrected chi connectivity index (χ4v) is 11.2. The van der Waals surface area contributed by atoms with E-state index in [1.165, 1.54) is 7.11 Å². The molecule has 0 aliphatic carbocycles. The van der Waals surface area contributed by atoms with E-state index >= 15 is 8.78 Å². The average Bonchev–Trinajstić information content (AvgIpc) is 2.85. The Morgan fingerprint density at radius 1 is 1.00 bits per heavy atom. The van der Waals surface area contributed by atoms with Crippen molar-refractivity contribution in [2.45, 2.75) is 82.7 Å². The van der Waals surface area contributed by atoms with Gasteiger partial charge in [0.15, 0.2) is 5.82 Å². The van der Waals surface area contributed by atoms with Gasteiger partial charge in [-0.05, 0) is 41.6 Å². The van der Waals surface area contributed by atoms with Crippen molar-refractivity contribution in [2.24, 2.45) is 0 Å². The number of benzene rings is 1. The lowest BCUT2D eigenvalue weighted by Crippen LogP contribution is -2.50. The van der Waals surface area contributed by atoms with Gasteiger partial charge in [0.2, 0.25) is 5.88 Å². The highest BCUT2D eigenvalue weighted by molar-refractivity contribution is 6.78. The van der Waals surface area contributed by atoms with Gasteiger partial charge in [-0.15, -0.1) is 0 Å². The maximum atomic E-state index is 15.2. The molecule has 6 nitrogen and oxygen atoms in total. The molecule has 1 aromatic carbocycles. The van der Waals surface area contributed by atoms with Crippen LogP contribution in [-0.2, 0) is 5.60 Å². The molecule has 1 aliphatic heterocycles. The van der Waals surface area contributed by atoms with Crippen molar-refractivity contribution in [2.75, 3.05) is 26.7 Å². The molecule has 0 bridgehead atoms. The molecule has 0 saturated carbocycles. The topological polar surface area (TPSA) is 75.1 Å². The quantitative estimate of drug-likeness (QED) is 0.366. The third kappa shape index (κ3) is 6.16. The van der Waals surface area contributed by atoms with Gasteiger partial charge in [0.05, 0.1) is 18.8 Å². The van der Waals surface area contributed by atoms with Gasteiger partial charge in [0.25, 0.3) is 8.32 Å². The Morgan fingerprint density at radius 3 is 2.08 bits per heavy atom. The number of β-amino-alcohol motifs (C(OH)–C–C–N with tert-alkyl or cyclic N) is 1. The number of rotatable bonds is 10. The SMILES string of the molecule is COc1ccc(C2(O)CCN(CC(O)c3cc(F)c(O[Si](C(C)C)(C(C)C)C(C)C)cc3F)CC2)cn1. The third-order valence-corrected chi connectivity index (χ3v) is 14.0. The Kier molecular flexibility index (Phi) is 9.37. The Hall–Kier alpha value is -2.07. The molecule has 1 aromatic heterocycles. The van der Waals surface area contributed by atoms with Crippen LogP contribution in [0.2, 0.25) is 16.6 Å². The van der Waals surface area contributed by atoms with Crippen LogP contribution in [0.5, 0.6) is 11.6 Å². The van der Waals surface area contributed by atoms with Gasteiger partial charge in [-0.3, -0.25) is 0 Å². The Bertz CT molecular complexity index is 1020. The summed E-state index contributed by atoms with van der Waals surface area (Å²) in [6.45, 7) is 13.6. The molecule has 2 N–H and O–H groups in total. The van der Waals surface area contributed by atoms with Gasteiger partial charge < -0.3 is 24.3 Å². The number of aromatic nitrogens is 1. The number of hydrogen-bond acceptors (Lipinski definition) is 6. The molecular weight excluding hydrogens is 494 g/mol. The van der Waals surface area contributed by atoms with Crippen molar-refractivity contribution >= 4 is 8.32 Å². The Balaban J connectivity index is 1.70. The van der Waals surface area contributed by atoms with Gasteiger partial charge in [-0.2, -0.15) is 0 Å². The lowest BCUT2D eigenvalue weighted by molar-refractivity contribution is -0.0349. The minimum absolute atomic E-state index is 0.0765. The second kappa shape index (κ2) is 11.8. The minimum Gasteiger partial charge on any atom is -0.541 e. The van der Waals surface area contributed by atoms with E-state index in [1.54, 1.807) is 18.3 Å². The van der Waals surface area contributed by atoms with Crippen LogP contribution >= 0.6 is 0 Å². The highest BCUT2D eigenvalue weighted by Gasteiger charge is 2.47. The van der Waals surface area contributed by atoms with Gasteiger partial charge in [-0.25, -0.2) is 13.8 Å². The molecule has 9 heteroatoms. The summed E-state index contributed by atoms with van der Waals surface area (Å²) in [7, 11) is -0.927. The summed E-state index contributed by atoms with van der Waals surface area (Å²) in [5, 5.41) is 21.9. The van der Waals surface area contributed by atoms with Crippen molar-refractivity contribution in [3.8, 4) is 11.6 Å². The molecule has 1 saturated heterocycles. The summed E-state index contributed by atoms with van der Waals surface area (Å²) in [4.78, 5) is 6.13. The van der Waals surface area contributed by atoms with Crippen LogP contribution in [0.4, 0.5) is 8.78 Å². The van der Waals surface area contributed by atoms with Gasteiger partial charge >= 0.3 is 0 Å². The fraction of sp³-hybridized carbons (Fsp3) is 0.607. The molecule has 3 rings (SSSR count). The van der Waals surface area contributed by atoms with Crippen LogP contribution in [0.15, 0.2) is 30.5 Å². The molecule has 0 radical (unpaired) electrons. The molecule has 0 spiro atoms. The summed E-state index contributed by atoms with van der Waals surface area (Å²) in [6.07, 6.45) is 1.27. The van der Waals surface area contributed by atoms with Crippen LogP contribution in [-0.4, -0.2) is 55.2 Å². The largest absolute Gasteiger partial charge is 0.541 e. The lowest BCUT2D eigenvalue weighted by Gasteiger charge is -2.42. The number of pyridine rings is 1. The molecular formula is C28H42F2N2O4Si. The zero-order chi connectivity index (χ0) is 27.5. The second-order valence-corrected chi connectivity index (χ2v) is 16.5. The Morgan fingerprint density at radius 2 is 1.59 bits per heavy atom. The van der Waals surface area contributed by atoms with Crippen molar-refractivity contribution in [3.05, 3.63) is 53.2 Å². The number of ether oxygens (including phenoxy) is 1. The number of likely N-dealkylation sites (tertiary alicyclic amines) is 1. The molecule has 37 heavy (non-hydrogen) atoms. The fourth-order valence-electron chi connectivity index (χ4n) is 5.93. The van der Waals surface area contributed by atoms with Gasteiger partial charge in [0, 0.05) is 49.1 Å². The maximum Gasteiger partial charge on any atom is 0.258 e. The van der Waals surface area contributed by atoms with E-state index in [0.717, 1.165) is 12.1 Å². The number of nitrogens with zero attached hydrogens (tertiary/aromatic N) is 2. The minimum atomic E-state index is -2.46. The van der Waals surface area contributed by atoms with E-state index in [0.29, 0.717) is 37.4 Å². The smallest absolute Gasteiger partial charge is 0.258 e. The first kappa shape index (κ1) is 29.5. The number of aliphatic hydroxyl groups excluding tert-OH is 1. The van der Waals surface area contributed by atoms with E-state index in [4.69, 9.17) is 9.16 Å². The first-order valence-corrected chi connectivity index (χ1v) is 15.3. The van der Waals surface area contributed by atoms with E-state index < -0.39 is 31.7 Å². The number of hydrogen-bond donors (Lipinski definition) is 2. The van der Waals surface area contributed by atoms with Crippen LogP contribution in [0.1, 0.15) is 71.6 Å². The first-order chi connectivity index (χ1) is 17.3. The van der Waals surface area contributed by atoms with E-state index in [2.05, 4.69) is 46.5 Å². The normalized spacial score (nSPS) is 17.5. The third-order valence-electron chi connectivity index (χ3n) is 8.00. The average molecular weight is 537 g/mol. The number of aliphatic hydroxyl groups is 2. The number of halogens is 2. The van der Waals surface area contributed by atoms with Crippen molar-refractivity contribution in [3.63, 3.8) is 0 Å². The summed E-state index contributed by atoms with van der Waals surface area (Å²) < 4.78 is 41.8. The summed E-state index contributed by atoms with van der Waals surface area (Å²) >= 11 is 0. The van der Waals surface area contributed by atoms with E-state index in [9.17, 15) is 10.2 Å².